The van der Waals surface area contributed by atoms with Crippen molar-refractivity contribution in [3.05, 3.63) is 94.8 Å². The van der Waals surface area contributed by atoms with Crippen LogP contribution in [0.25, 0.3) is 11.2 Å². The van der Waals surface area contributed by atoms with Crippen molar-refractivity contribution in [1.82, 2.24) is 19.0 Å². The molecule has 0 bridgehead atoms. The number of imidazole rings is 1. The lowest BCUT2D eigenvalue weighted by Gasteiger charge is -2.33. The van der Waals surface area contributed by atoms with Gasteiger partial charge in [0.25, 0.3) is 0 Å². The summed E-state index contributed by atoms with van der Waals surface area (Å²) in [5.41, 5.74) is 2.40. The number of piperidine rings is 1. The fraction of sp³-hybridized carbons (Fsp3) is 0.240. The summed E-state index contributed by atoms with van der Waals surface area (Å²) in [5, 5.41) is 2.65. The van der Waals surface area contributed by atoms with Gasteiger partial charge in [-0.15, -0.1) is 0 Å². The van der Waals surface area contributed by atoms with Crippen LogP contribution in [-0.4, -0.2) is 38.1 Å². The second-order valence-corrected chi connectivity index (χ2v) is 8.22. The fourth-order valence-electron chi connectivity index (χ4n) is 4.46. The Morgan fingerprint density at radius 3 is 2.67 bits per heavy atom. The normalized spacial score (nSPS) is 16.2. The molecule has 7 nitrogen and oxygen atoms in total. The topological polar surface area (TPSA) is 72.2 Å². The van der Waals surface area contributed by atoms with E-state index in [-0.39, 0.29) is 23.5 Å². The molecule has 0 unspecified atom stereocenters. The molecule has 8 heteroatoms. The highest BCUT2D eigenvalue weighted by atomic mass is 19.1. The summed E-state index contributed by atoms with van der Waals surface area (Å²) in [6, 6.07) is 19.0. The second kappa shape index (κ2) is 8.90. The Kier molecular flexibility index (Phi) is 5.64. The molecule has 1 aliphatic heterocycles. The monoisotopic (exact) mass is 445 g/mol. The maximum atomic E-state index is 14.0. The molecule has 4 aromatic rings. The lowest BCUT2D eigenvalue weighted by molar-refractivity contribution is 0.178. The van der Waals surface area contributed by atoms with Gasteiger partial charge in [-0.3, -0.25) is 9.13 Å². The molecular formula is C25H24FN5O2. The van der Waals surface area contributed by atoms with E-state index in [1.807, 2.05) is 42.5 Å². The molecule has 1 saturated heterocycles. The third-order valence-electron chi connectivity index (χ3n) is 6.07. The molecular weight excluding hydrogens is 421 g/mol. The number of benzene rings is 2. The summed E-state index contributed by atoms with van der Waals surface area (Å²) in [7, 11) is 0. The molecule has 2 aromatic carbocycles. The number of carbonyl (C=O) groups is 1. The Balaban J connectivity index is 1.44. The maximum Gasteiger partial charge on any atom is 0.330 e. The predicted octanol–water partition coefficient (Wildman–Crippen LogP) is 4.25. The molecule has 1 atom stereocenters. The predicted molar refractivity (Wildman–Crippen MR) is 125 cm³/mol. The zero-order valence-corrected chi connectivity index (χ0v) is 18.0. The van der Waals surface area contributed by atoms with Crippen LogP contribution < -0.4 is 11.0 Å². The van der Waals surface area contributed by atoms with Gasteiger partial charge < -0.3 is 10.2 Å². The van der Waals surface area contributed by atoms with Gasteiger partial charge in [0, 0.05) is 19.3 Å². The van der Waals surface area contributed by atoms with Gasteiger partial charge >= 0.3 is 11.7 Å². The van der Waals surface area contributed by atoms with Crippen LogP contribution in [0.4, 0.5) is 14.9 Å². The maximum absolute atomic E-state index is 14.0. The molecule has 0 spiro atoms. The van der Waals surface area contributed by atoms with Crippen molar-refractivity contribution < 1.29 is 9.18 Å². The van der Waals surface area contributed by atoms with Crippen molar-refractivity contribution in [2.24, 2.45) is 0 Å². The third-order valence-corrected chi connectivity index (χ3v) is 6.07. The van der Waals surface area contributed by atoms with Crippen LogP contribution in [0.2, 0.25) is 0 Å². The number of hydrogen-bond acceptors (Lipinski definition) is 3. The average molecular weight is 445 g/mol. The number of aromatic nitrogens is 3. The lowest BCUT2D eigenvalue weighted by atomic mass is 10.1. The number of halogens is 1. The summed E-state index contributed by atoms with van der Waals surface area (Å²) in [6.45, 7) is 1.34. The molecule has 2 aromatic heterocycles. The molecule has 5 rings (SSSR count). The van der Waals surface area contributed by atoms with Crippen LogP contribution in [0.15, 0.2) is 77.7 Å². The Morgan fingerprint density at radius 1 is 1.06 bits per heavy atom. The standard InChI is InChI=1S/C25H24FN5O2/c26-20-11-4-5-12-21(20)28-24(32)29-15-7-10-19(17-29)31-23-22(13-6-14-27-23)30(25(31)33)16-18-8-2-1-3-9-18/h1-6,8-9,11-14,19H,7,10,15-17H2,(H,28,32)/t19-/m0/s1. The van der Waals surface area contributed by atoms with Gasteiger partial charge in [0.1, 0.15) is 5.82 Å². The smallest absolute Gasteiger partial charge is 0.322 e. The largest absolute Gasteiger partial charge is 0.330 e. The van der Waals surface area contributed by atoms with Crippen LogP contribution in [0.1, 0.15) is 24.4 Å². The molecule has 0 aliphatic carbocycles. The number of pyridine rings is 1. The highest BCUT2D eigenvalue weighted by molar-refractivity contribution is 5.89. The molecule has 1 fully saturated rings. The summed E-state index contributed by atoms with van der Waals surface area (Å²) in [5.74, 6) is -0.483. The summed E-state index contributed by atoms with van der Waals surface area (Å²) >= 11 is 0. The Morgan fingerprint density at radius 2 is 1.85 bits per heavy atom. The first kappa shape index (κ1) is 20.9. The fourth-order valence-corrected chi connectivity index (χ4v) is 4.46. The molecule has 0 saturated carbocycles. The van der Waals surface area contributed by atoms with Gasteiger partial charge in [-0.25, -0.2) is 19.0 Å². The van der Waals surface area contributed by atoms with Gasteiger partial charge in [-0.2, -0.15) is 0 Å². The van der Waals surface area contributed by atoms with Crippen LogP contribution >= 0.6 is 0 Å². The Hall–Kier alpha value is -3.94. The first-order chi connectivity index (χ1) is 16.1. The molecule has 0 radical (unpaired) electrons. The van der Waals surface area contributed by atoms with E-state index in [9.17, 15) is 14.0 Å². The highest BCUT2D eigenvalue weighted by Crippen LogP contribution is 2.25. The number of rotatable bonds is 4. The van der Waals surface area contributed by atoms with Crippen molar-refractivity contribution in [2.45, 2.75) is 25.4 Å². The molecule has 168 valence electrons. The first-order valence-corrected chi connectivity index (χ1v) is 11.0. The van der Waals surface area contributed by atoms with Crippen LogP contribution in [-0.2, 0) is 6.54 Å². The van der Waals surface area contributed by atoms with Crippen LogP contribution in [0.5, 0.6) is 0 Å². The SMILES string of the molecule is O=C(Nc1ccccc1F)N1CCC[C@H](n2c(=O)n(Cc3ccccc3)c3cccnc32)C1. The number of urea groups is 1. The molecule has 1 N–H and O–H groups in total. The zero-order valence-electron chi connectivity index (χ0n) is 18.0. The van der Waals surface area contributed by atoms with E-state index in [1.54, 1.807) is 32.4 Å². The van der Waals surface area contributed by atoms with Gasteiger partial charge in [0.15, 0.2) is 5.65 Å². The van der Waals surface area contributed by atoms with Crippen LogP contribution in [0.3, 0.4) is 0 Å². The zero-order chi connectivity index (χ0) is 22.8. The number of fused-ring (bicyclic) bond motifs is 1. The average Bonchev–Trinajstić information content (AvgIpc) is 3.12. The molecule has 1 aliphatic rings. The van der Waals surface area contributed by atoms with E-state index in [4.69, 9.17) is 0 Å². The van der Waals surface area contributed by atoms with E-state index >= 15 is 0 Å². The number of para-hydroxylation sites is 1. The van der Waals surface area contributed by atoms with Gasteiger partial charge in [0.05, 0.1) is 23.8 Å². The van der Waals surface area contributed by atoms with Gasteiger partial charge in [0.2, 0.25) is 0 Å². The summed E-state index contributed by atoms with van der Waals surface area (Å²) in [6.07, 6.45) is 3.17. The van der Waals surface area contributed by atoms with Crippen molar-refractivity contribution in [3.63, 3.8) is 0 Å². The van der Waals surface area contributed by atoms with Gasteiger partial charge in [-0.1, -0.05) is 42.5 Å². The van der Waals surface area contributed by atoms with Crippen molar-refractivity contribution >= 4 is 22.9 Å². The number of carbonyl (C=O) groups excluding carboxylic acids is 1. The number of nitrogens with zero attached hydrogens (tertiary/aromatic N) is 4. The lowest BCUT2D eigenvalue weighted by Crippen LogP contribution is -2.45. The van der Waals surface area contributed by atoms with E-state index in [0.717, 1.165) is 23.9 Å². The van der Waals surface area contributed by atoms with Gasteiger partial charge in [-0.05, 0) is 42.7 Å². The van der Waals surface area contributed by atoms with Crippen molar-refractivity contribution in [2.75, 3.05) is 18.4 Å². The Bertz CT molecular complexity index is 1350. The van der Waals surface area contributed by atoms with E-state index in [2.05, 4.69) is 10.3 Å². The first-order valence-electron chi connectivity index (χ1n) is 11.0. The van der Waals surface area contributed by atoms with E-state index < -0.39 is 5.82 Å². The number of amides is 2. The summed E-state index contributed by atoms with van der Waals surface area (Å²) < 4.78 is 17.4. The molecule has 3 heterocycles. The number of hydrogen-bond donors (Lipinski definition) is 1. The summed E-state index contributed by atoms with van der Waals surface area (Å²) in [4.78, 5) is 32.5. The molecule has 33 heavy (non-hydrogen) atoms. The minimum atomic E-state index is -0.483. The third kappa shape index (κ3) is 4.11. The van der Waals surface area contributed by atoms with Crippen LogP contribution in [0, 0.1) is 5.82 Å². The number of anilines is 1. The molecule has 2 amide bonds. The Labute approximate surface area is 190 Å². The van der Waals surface area contributed by atoms with Crippen molar-refractivity contribution in [3.8, 4) is 0 Å². The van der Waals surface area contributed by atoms with Crippen molar-refractivity contribution in [1.29, 1.82) is 0 Å². The highest BCUT2D eigenvalue weighted by Gasteiger charge is 2.29. The second-order valence-electron chi connectivity index (χ2n) is 8.22. The quantitative estimate of drug-likeness (QED) is 0.510. The van der Waals surface area contributed by atoms with E-state index in [1.165, 1.54) is 12.1 Å². The number of nitrogens with one attached hydrogen (secondary N) is 1. The minimum absolute atomic E-state index is 0.142. The number of likely N-dealkylation sites (tertiary alicyclic amines) is 1. The van der Waals surface area contributed by atoms with E-state index in [0.29, 0.717) is 25.3 Å². The minimum Gasteiger partial charge on any atom is -0.322 e.